The second kappa shape index (κ2) is 16.9. The van der Waals surface area contributed by atoms with Crippen LogP contribution in [0.15, 0.2) is 63.6 Å². The molecule has 3 rings (SSSR count). The van der Waals surface area contributed by atoms with E-state index in [1.165, 1.54) is 13.0 Å². The van der Waals surface area contributed by atoms with Crippen molar-refractivity contribution in [3.8, 4) is 0 Å². The molecule has 2 aromatic carbocycles. The van der Waals surface area contributed by atoms with Crippen molar-refractivity contribution < 1.29 is 39.6 Å². The highest BCUT2D eigenvalue weighted by molar-refractivity contribution is 9.10. The Hall–Kier alpha value is -2.66. The molecule has 0 radical (unpaired) electrons. The van der Waals surface area contributed by atoms with E-state index in [2.05, 4.69) is 31.9 Å². The van der Waals surface area contributed by atoms with Crippen molar-refractivity contribution in [3.63, 3.8) is 0 Å². The Morgan fingerprint density at radius 1 is 1.00 bits per heavy atom. The molecule has 8 nitrogen and oxygen atoms in total. The average molecular weight is 606 g/mol. The maximum absolute atomic E-state index is 11.0. The van der Waals surface area contributed by atoms with Gasteiger partial charge in [0.1, 0.15) is 5.78 Å². The molecule has 0 fully saturated rings. The molecule has 0 saturated carbocycles. The maximum atomic E-state index is 11.0. The monoisotopic (exact) mass is 604 g/mol. The predicted octanol–water partition coefficient (Wildman–Crippen LogP) is 4.40. The number of carbonyl (C=O) groups is 4. The summed E-state index contributed by atoms with van der Waals surface area (Å²) in [6.07, 6.45) is 1.68. The number of hydrogen-bond acceptors (Lipinski definition) is 6. The van der Waals surface area contributed by atoms with E-state index in [1.54, 1.807) is 6.92 Å². The quantitative estimate of drug-likeness (QED) is 0.298. The average Bonchev–Trinajstić information content (AvgIpc) is 2.97. The largest absolute Gasteiger partial charge is 0.476 e. The van der Waals surface area contributed by atoms with E-state index >= 15 is 0 Å². The van der Waals surface area contributed by atoms with Crippen molar-refractivity contribution in [1.29, 1.82) is 0 Å². The molecule has 0 aliphatic carbocycles. The van der Waals surface area contributed by atoms with Gasteiger partial charge in [-0.3, -0.25) is 9.59 Å². The van der Waals surface area contributed by atoms with Crippen molar-refractivity contribution in [3.05, 3.63) is 74.7 Å². The molecule has 0 spiro atoms. The summed E-state index contributed by atoms with van der Waals surface area (Å²) in [5, 5.41) is 17.2. The molecule has 4 N–H and O–H groups in total. The molecule has 0 aromatic heterocycles. The van der Waals surface area contributed by atoms with Crippen LogP contribution in [0.2, 0.25) is 0 Å². The Balaban J connectivity index is -0.000000452. The van der Waals surface area contributed by atoms with Crippen molar-refractivity contribution in [2.75, 3.05) is 0 Å². The smallest absolute Gasteiger partial charge is 0.368 e. The lowest BCUT2D eigenvalue weighted by Gasteiger charge is -2.19. The van der Waals surface area contributed by atoms with Crippen molar-refractivity contribution >= 4 is 61.4 Å². The van der Waals surface area contributed by atoms with Gasteiger partial charge in [0.2, 0.25) is 12.1 Å². The number of aliphatic carboxylic acids is 1. The number of aliphatic hydroxyl groups is 1. The number of carboxylic acids is 1. The number of ketones is 1. The first kappa shape index (κ1) is 35.9. The van der Waals surface area contributed by atoms with E-state index in [0.29, 0.717) is 12.0 Å². The molecular weight excluding hydrogens is 576 g/mol. The molecule has 0 saturated heterocycles. The van der Waals surface area contributed by atoms with Gasteiger partial charge in [0, 0.05) is 33.9 Å². The highest BCUT2D eigenvalue weighted by Crippen LogP contribution is 2.33. The molecule has 1 unspecified atom stereocenters. The molecule has 2 aromatic rings. The minimum Gasteiger partial charge on any atom is -0.476 e. The number of benzene rings is 2. The van der Waals surface area contributed by atoms with Crippen LogP contribution in [-0.2, 0) is 30.3 Å². The van der Waals surface area contributed by atoms with Crippen LogP contribution < -0.4 is 0 Å². The van der Waals surface area contributed by atoms with Crippen LogP contribution in [0.4, 0.5) is 0 Å². The number of esters is 1. The Kier molecular flexibility index (Phi) is 17.8. The zero-order valence-corrected chi connectivity index (χ0v) is 20.3. The minimum atomic E-state index is -1.52. The fraction of sp³-hybridized carbons (Fsp3) is 0.250. The lowest BCUT2D eigenvalue weighted by molar-refractivity contribution is -0.169. The highest BCUT2D eigenvalue weighted by atomic mass is 79.9. The van der Waals surface area contributed by atoms with E-state index in [-0.39, 0.29) is 32.4 Å². The Morgan fingerprint density at radius 2 is 1.41 bits per heavy atom. The van der Waals surface area contributed by atoms with Crippen molar-refractivity contribution in [1.82, 2.24) is 0 Å². The summed E-state index contributed by atoms with van der Waals surface area (Å²) in [4.78, 5) is 39.6. The fourth-order valence-electron chi connectivity index (χ4n) is 2.40. The minimum absolute atomic E-state index is 0. The number of Topliss-reactive ketones (excluding diaryl/α,β-unsaturated/α-hetero) is 1. The van der Waals surface area contributed by atoms with Gasteiger partial charge < -0.3 is 20.4 Å². The van der Waals surface area contributed by atoms with Crippen LogP contribution in [0, 0.1) is 0 Å². The van der Waals surface area contributed by atoms with Crippen LogP contribution in [0.3, 0.4) is 0 Å². The number of aldehydes is 1. The van der Waals surface area contributed by atoms with Gasteiger partial charge in [-0.15, -0.1) is 0 Å². The SMILES string of the molecule is C.C.CC(=O)Cc1ccc(Br)cc1.CC1(O)OC(=O)C=C1c1ccc(Br)cc1.O.O=CC(=O)O. The summed E-state index contributed by atoms with van der Waals surface area (Å²) in [6, 6.07) is 15.1. The number of halogens is 2. The van der Waals surface area contributed by atoms with Crippen molar-refractivity contribution in [2.45, 2.75) is 40.9 Å². The molecule has 1 aliphatic heterocycles. The standard InChI is InChI=1S/C11H9BrO3.C9H9BrO.C2H2O3.2CH4.H2O/c1-11(14)9(6-10(13)15-11)7-2-4-8(12)5-3-7;1-7(11)6-8-2-4-9(10)5-3-8;3-1-2(4)5;;;/h2-6,14H,1H3;2-5H,6H2,1H3;1H,(H,4,5);2*1H4;1H2. The summed E-state index contributed by atoms with van der Waals surface area (Å²) < 4.78 is 6.75. The van der Waals surface area contributed by atoms with E-state index < -0.39 is 17.7 Å². The third kappa shape index (κ3) is 13.1. The first-order chi connectivity index (χ1) is 14.4. The molecule has 1 heterocycles. The highest BCUT2D eigenvalue weighted by Gasteiger charge is 2.37. The van der Waals surface area contributed by atoms with Crippen LogP contribution in [0.5, 0.6) is 0 Å². The van der Waals surface area contributed by atoms with Gasteiger partial charge in [-0.2, -0.15) is 0 Å². The van der Waals surface area contributed by atoms with Gasteiger partial charge in [0.25, 0.3) is 0 Å². The Morgan fingerprint density at radius 3 is 1.74 bits per heavy atom. The van der Waals surface area contributed by atoms with Gasteiger partial charge in [0.15, 0.2) is 0 Å². The van der Waals surface area contributed by atoms with Crippen LogP contribution in [-0.4, -0.2) is 45.5 Å². The second-order valence-corrected chi connectivity index (χ2v) is 8.26. The Bertz CT molecular complexity index is 965. The topological polar surface area (TPSA) is 149 Å². The van der Waals surface area contributed by atoms with Gasteiger partial charge in [-0.25, -0.2) is 9.59 Å². The third-order valence-electron chi connectivity index (χ3n) is 3.68. The third-order valence-corrected chi connectivity index (χ3v) is 4.74. The summed E-state index contributed by atoms with van der Waals surface area (Å²) in [6.45, 7) is 3.05. The van der Waals surface area contributed by atoms with Crippen molar-refractivity contribution in [2.24, 2.45) is 0 Å². The lowest BCUT2D eigenvalue weighted by atomic mass is 10.00. The molecule has 1 atom stereocenters. The number of carboxylic acid groups (broad SMARTS) is 1. The number of rotatable bonds is 4. The summed E-state index contributed by atoms with van der Waals surface area (Å²) >= 11 is 6.64. The maximum Gasteiger partial charge on any atom is 0.368 e. The second-order valence-electron chi connectivity index (χ2n) is 6.43. The number of carbonyl (C=O) groups excluding carboxylic acids is 3. The number of hydrogen-bond donors (Lipinski definition) is 2. The van der Waals surface area contributed by atoms with E-state index in [4.69, 9.17) is 19.4 Å². The van der Waals surface area contributed by atoms with Crippen LogP contribution in [0.1, 0.15) is 39.8 Å². The van der Waals surface area contributed by atoms with Crippen LogP contribution >= 0.6 is 31.9 Å². The molecule has 10 heteroatoms. The first-order valence-electron chi connectivity index (χ1n) is 8.80. The fourth-order valence-corrected chi connectivity index (χ4v) is 2.93. The first-order valence-corrected chi connectivity index (χ1v) is 10.4. The van der Waals surface area contributed by atoms with Gasteiger partial charge in [-0.05, 0) is 42.3 Å². The summed E-state index contributed by atoms with van der Waals surface area (Å²) in [5.74, 6) is -3.26. The van der Waals surface area contributed by atoms with Crippen LogP contribution in [0.25, 0.3) is 5.57 Å². The van der Waals surface area contributed by atoms with E-state index in [1.807, 2.05) is 48.5 Å². The molecule has 34 heavy (non-hydrogen) atoms. The van der Waals surface area contributed by atoms with E-state index in [0.717, 1.165) is 20.1 Å². The van der Waals surface area contributed by atoms with Gasteiger partial charge >= 0.3 is 11.9 Å². The zero-order chi connectivity index (χ0) is 23.6. The normalized spacial score (nSPS) is 15.1. The summed E-state index contributed by atoms with van der Waals surface area (Å²) in [7, 11) is 0. The molecule has 188 valence electrons. The van der Waals surface area contributed by atoms with Gasteiger partial charge in [-0.1, -0.05) is 71.0 Å². The lowest BCUT2D eigenvalue weighted by Crippen LogP contribution is -2.26. The number of cyclic esters (lactones) is 1. The Labute approximate surface area is 216 Å². The molecular formula is C24H30Br2O8. The molecule has 0 amide bonds. The van der Waals surface area contributed by atoms with E-state index in [9.17, 15) is 14.7 Å². The summed E-state index contributed by atoms with van der Waals surface area (Å²) in [5.41, 5.74) is 2.33. The molecule has 1 aliphatic rings. The predicted molar refractivity (Wildman–Crippen MR) is 138 cm³/mol. The number of ether oxygens (including phenoxy) is 1. The molecule has 0 bridgehead atoms. The zero-order valence-electron chi connectivity index (χ0n) is 17.2. The van der Waals surface area contributed by atoms with Gasteiger partial charge in [0.05, 0.1) is 0 Å².